The quantitative estimate of drug-likeness (QED) is 0.210. The molecule has 0 radical (unpaired) electrons. The zero-order valence-electron chi connectivity index (χ0n) is 26.6. The van der Waals surface area contributed by atoms with Crippen molar-refractivity contribution in [2.24, 2.45) is 0 Å². The summed E-state index contributed by atoms with van der Waals surface area (Å²) in [5.41, 5.74) is 5.00. The Morgan fingerprint density at radius 1 is 0.821 bits per heavy atom. The normalized spacial score (nSPS) is 13.0. The first kappa shape index (κ1) is 33.9. The van der Waals surface area contributed by atoms with Crippen LogP contribution in [0.5, 0.6) is 5.95 Å². The minimum atomic E-state index is -2.21. The van der Waals surface area contributed by atoms with Gasteiger partial charge in [-0.2, -0.15) is 0 Å². The van der Waals surface area contributed by atoms with E-state index in [1.165, 1.54) is 5.56 Å². The molecule has 0 unspecified atom stereocenters. The Morgan fingerprint density at radius 2 is 1.33 bits per heavy atom. The summed E-state index contributed by atoms with van der Waals surface area (Å²) in [7, 11) is -4.23. The molecule has 1 heterocycles. The van der Waals surface area contributed by atoms with Crippen LogP contribution in [0.3, 0.4) is 0 Å². The highest BCUT2D eigenvalue weighted by molar-refractivity contribution is 9.10. The predicted molar refractivity (Wildman–Crippen MR) is 175 cm³/mol. The van der Waals surface area contributed by atoms with Crippen LogP contribution in [0.25, 0.3) is 0 Å². The van der Waals surface area contributed by atoms with Crippen LogP contribution in [0.2, 0.25) is 33.2 Å². The third kappa shape index (κ3) is 7.50. The molecule has 39 heavy (non-hydrogen) atoms. The third-order valence-corrected chi connectivity index (χ3v) is 22.1. The number of furan rings is 1. The number of carbonyl (C=O) groups excluding carboxylic acids is 1. The zero-order chi connectivity index (χ0) is 29.7. The molecular formula is C32H54BrNO3Si2. The monoisotopic (exact) mass is 635 g/mol. The lowest BCUT2D eigenvalue weighted by Crippen LogP contribution is -2.60. The van der Waals surface area contributed by atoms with Gasteiger partial charge in [0.25, 0.3) is 14.3 Å². The van der Waals surface area contributed by atoms with Gasteiger partial charge in [0.15, 0.2) is 8.24 Å². The van der Waals surface area contributed by atoms with E-state index >= 15 is 0 Å². The third-order valence-electron chi connectivity index (χ3n) is 8.96. The van der Waals surface area contributed by atoms with Crippen molar-refractivity contribution in [3.63, 3.8) is 0 Å². The van der Waals surface area contributed by atoms with E-state index in [1.54, 1.807) is 0 Å². The summed E-state index contributed by atoms with van der Waals surface area (Å²) in [6.07, 6.45) is 1.70. The summed E-state index contributed by atoms with van der Waals surface area (Å²) in [5, 5.41) is 0. The summed E-state index contributed by atoms with van der Waals surface area (Å²) < 4.78 is 14.6. The number of halogens is 1. The van der Waals surface area contributed by atoms with E-state index in [2.05, 4.69) is 128 Å². The SMILES string of the molecule is CC(C)[Si](NC(=O)CCc1cc(Cc2ccccc2Br)c(O[Si](C(C)C)(C(C)C)C(C)C)o1)(C(C)C)C(C)C. The van der Waals surface area contributed by atoms with Crippen LogP contribution >= 0.6 is 15.9 Å². The van der Waals surface area contributed by atoms with Crippen molar-refractivity contribution in [1.29, 1.82) is 0 Å². The number of benzene rings is 1. The number of nitrogens with one attached hydrogen (secondary N) is 1. The lowest BCUT2D eigenvalue weighted by Gasteiger charge is -2.43. The fourth-order valence-corrected chi connectivity index (χ4v) is 18.2. The van der Waals surface area contributed by atoms with E-state index in [1.807, 2.05) is 6.07 Å². The van der Waals surface area contributed by atoms with Crippen LogP contribution in [0.15, 0.2) is 39.2 Å². The van der Waals surface area contributed by atoms with E-state index in [0.29, 0.717) is 52.0 Å². The molecule has 0 aliphatic rings. The molecule has 1 amide bonds. The van der Waals surface area contributed by atoms with E-state index in [9.17, 15) is 4.79 Å². The van der Waals surface area contributed by atoms with Gasteiger partial charge in [-0.25, -0.2) is 0 Å². The van der Waals surface area contributed by atoms with Gasteiger partial charge in [0.05, 0.1) is 0 Å². The Balaban J connectivity index is 2.40. The van der Waals surface area contributed by atoms with Crippen molar-refractivity contribution in [3.8, 4) is 5.95 Å². The van der Waals surface area contributed by atoms with Gasteiger partial charge in [0.2, 0.25) is 5.91 Å². The molecule has 7 heteroatoms. The van der Waals surface area contributed by atoms with E-state index in [4.69, 9.17) is 8.84 Å². The lowest BCUT2D eigenvalue weighted by atomic mass is 10.1. The molecule has 0 saturated carbocycles. The molecule has 2 rings (SSSR count). The van der Waals surface area contributed by atoms with Gasteiger partial charge in [-0.1, -0.05) is 117 Å². The molecule has 1 N–H and O–H groups in total. The molecule has 0 bridgehead atoms. The molecule has 4 nitrogen and oxygen atoms in total. The second-order valence-electron chi connectivity index (χ2n) is 13.2. The summed E-state index contributed by atoms with van der Waals surface area (Å²) in [6.45, 7) is 27.4. The first-order valence-electron chi connectivity index (χ1n) is 14.9. The second-order valence-corrected chi connectivity index (χ2v) is 25.0. The number of carbonyl (C=O) groups is 1. The van der Waals surface area contributed by atoms with Crippen LogP contribution < -0.4 is 9.41 Å². The van der Waals surface area contributed by atoms with Crippen LogP contribution in [-0.2, 0) is 17.6 Å². The smallest absolute Gasteiger partial charge is 0.274 e. The standard InChI is InChI=1S/C32H54BrNO3Si2/c1-21(2)38(22(3)4,23(5)6)34-31(35)18-17-29-20-28(19-27-15-13-14-16-30(27)33)32(36-29)37-39(24(7)8,25(9)10)26(11)12/h13-16,20-26H,17-19H2,1-12H3,(H,34,35). The van der Waals surface area contributed by atoms with E-state index in [0.717, 1.165) is 22.2 Å². The van der Waals surface area contributed by atoms with Crippen molar-refractivity contribution in [3.05, 3.63) is 51.7 Å². The molecule has 0 atom stereocenters. The minimum Gasteiger partial charge on any atom is -0.518 e. The van der Waals surface area contributed by atoms with Gasteiger partial charge in [0.1, 0.15) is 5.76 Å². The van der Waals surface area contributed by atoms with Gasteiger partial charge in [-0.15, -0.1) is 0 Å². The second kappa shape index (κ2) is 14.0. The van der Waals surface area contributed by atoms with Gasteiger partial charge < -0.3 is 13.8 Å². The van der Waals surface area contributed by atoms with Crippen molar-refractivity contribution >= 4 is 38.4 Å². The van der Waals surface area contributed by atoms with Gasteiger partial charge in [-0.05, 0) is 50.9 Å². The van der Waals surface area contributed by atoms with Gasteiger partial charge >= 0.3 is 0 Å². The Kier molecular flexibility index (Phi) is 12.2. The Labute approximate surface area is 249 Å². The highest BCUT2D eigenvalue weighted by Gasteiger charge is 2.48. The summed E-state index contributed by atoms with van der Waals surface area (Å²) in [5.74, 6) is 1.62. The fourth-order valence-electron chi connectivity index (χ4n) is 7.13. The Morgan fingerprint density at radius 3 is 1.79 bits per heavy atom. The largest absolute Gasteiger partial charge is 0.518 e. The molecular weight excluding hydrogens is 582 g/mol. The summed E-state index contributed by atoms with van der Waals surface area (Å²) in [4.78, 5) is 16.9. The molecule has 1 aromatic heterocycles. The van der Waals surface area contributed by atoms with E-state index < -0.39 is 16.6 Å². The van der Waals surface area contributed by atoms with Crippen LogP contribution in [0.1, 0.15) is 106 Å². The van der Waals surface area contributed by atoms with Crippen LogP contribution in [-0.4, -0.2) is 22.5 Å². The van der Waals surface area contributed by atoms with Crippen molar-refractivity contribution in [2.75, 3.05) is 0 Å². The molecule has 0 aliphatic heterocycles. The van der Waals surface area contributed by atoms with Crippen molar-refractivity contribution < 1.29 is 13.6 Å². The molecule has 1 aromatic carbocycles. The Bertz CT molecular complexity index is 1030. The topological polar surface area (TPSA) is 51.5 Å². The fraction of sp³-hybridized carbons (Fsp3) is 0.656. The first-order valence-corrected chi connectivity index (χ1v) is 20.1. The average Bonchev–Trinajstić information content (AvgIpc) is 3.20. The number of hydrogen-bond acceptors (Lipinski definition) is 3. The molecule has 220 valence electrons. The molecule has 0 aliphatic carbocycles. The predicted octanol–water partition coefficient (Wildman–Crippen LogP) is 10.4. The number of aryl methyl sites for hydroxylation is 1. The number of hydrogen-bond donors (Lipinski definition) is 1. The zero-order valence-corrected chi connectivity index (χ0v) is 30.2. The lowest BCUT2D eigenvalue weighted by molar-refractivity contribution is -0.119. The first-order chi connectivity index (χ1) is 18.1. The maximum atomic E-state index is 13.3. The van der Waals surface area contributed by atoms with Gasteiger partial charge in [-0.3, -0.25) is 4.79 Å². The van der Waals surface area contributed by atoms with Gasteiger partial charge in [0, 0.05) is 29.3 Å². The van der Waals surface area contributed by atoms with Crippen LogP contribution in [0, 0.1) is 0 Å². The molecule has 2 aromatic rings. The Hall–Kier alpha value is -1.32. The van der Waals surface area contributed by atoms with E-state index in [-0.39, 0.29) is 5.91 Å². The maximum absolute atomic E-state index is 13.3. The maximum Gasteiger partial charge on any atom is 0.274 e. The molecule has 0 spiro atoms. The highest BCUT2D eigenvalue weighted by Crippen LogP contribution is 2.44. The molecule has 0 saturated heterocycles. The summed E-state index contributed by atoms with van der Waals surface area (Å²) in [6, 6.07) is 10.4. The summed E-state index contributed by atoms with van der Waals surface area (Å²) >= 11 is 3.72. The van der Waals surface area contributed by atoms with Crippen molar-refractivity contribution in [2.45, 2.75) is 136 Å². The van der Waals surface area contributed by atoms with Crippen LogP contribution in [0.4, 0.5) is 0 Å². The number of amides is 1. The van der Waals surface area contributed by atoms with Crippen molar-refractivity contribution in [1.82, 2.24) is 4.98 Å². The molecule has 0 fully saturated rings. The average molecular weight is 637 g/mol. The minimum absolute atomic E-state index is 0.138. The number of rotatable bonds is 14. The highest BCUT2D eigenvalue weighted by atomic mass is 79.9.